The maximum atomic E-state index is 12.5. The molecule has 1 fully saturated rings. The number of rotatable bonds is 2. The molecule has 0 saturated carbocycles. The van der Waals surface area contributed by atoms with Crippen LogP contribution in [-0.4, -0.2) is 22.0 Å². The molecule has 0 radical (unpaired) electrons. The van der Waals surface area contributed by atoms with Crippen molar-refractivity contribution in [3.8, 4) is 0 Å². The zero-order valence-corrected chi connectivity index (χ0v) is 10.9. The van der Waals surface area contributed by atoms with E-state index in [9.17, 15) is 8.68 Å². The Hall–Kier alpha value is -0.560. The van der Waals surface area contributed by atoms with Crippen LogP contribution in [-0.2, 0) is 0 Å². The minimum absolute atomic E-state index is 0.105. The van der Waals surface area contributed by atoms with Crippen molar-refractivity contribution in [2.24, 2.45) is 0 Å². The van der Waals surface area contributed by atoms with Crippen molar-refractivity contribution in [3.05, 3.63) is 21.2 Å². The lowest BCUT2D eigenvalue weighted by Crippen LogP contribution is -2.36. The maximum Gasteiger partial charge on any atom is 0.305 e. The molecular weight excluding hydrogens is 297 g/mol. The summed E-state index contributed by atoms with van der Waals surface area (Å²) in [5.74, 6) is 0.333. The van der Waals surface area contributed by atoms with Crippen LogP contribution in [0.2, 0.25) is 0 Å². The van der Waals surface area contributed by atoms with Crippen LogP contribution in [0.1, 0.15) is 19.3 Å². The first-order chi connectivity index (χ1) is 7.72. The van der Waals surface area contributed by atoms with Crippen molar-refractivity contribution in [1.29, 1.82) is 0 Å². The Morgan fingerprint density at radius 1 is 1.38 bits per heavy atom. The number of anilines is 1. The fraction of sp³-hybridized carbons (Fsp3) is 0.556. The van der Waals surface area contributed by atoms with Gasteiger partial charge in [0, 0.05) is 13.1 Å². The summed E-state index contributed by atoms with van der Waals surface area (Å²) in [5.41, 5.74) is -0.391. The van der Waals surface area contributed by atoms with E-state index in [2.05, 4.69) is 20.9 Å². The predicted molar refractivity (Wildman–Crippen MR) is 66.4 cm³/mol. The second-order valence-electron chi connectivity index (χ2n) is 3.63. The lowest BCUT2D eigenvalue weighted by Gasteiger charge is -2.27. The first-order valence-electron chi connectivity index (χ1n) is 5.05. The highest BCUT2D eigenvalue weighted by Crippen LogP contribution is 2.18. The molecule has 0 atom stereocenters. The monoisotopic (exact) mass is 307 g/mol. The third-order valence-corrected chi connectivity index (χ3v) is 3.36. The summed E-state index contributed by atoms with van der Waals surface area (Å²) in [4.78, 5) is 17.9. The van der Waals surface area contributed by atoms with Gasteiger partial charge in [-0.05, 0) is 35.2 Å². The average molecular weight is 308 g/mol. The van der Waals surface area contributed by atoms with Gasteiger partial charge in [-0.15, -0.1) is 3.89 Å². The number of hydrogen-bond donors (Lipinski definition) is 0. The van der Waals surface area contributed by atoms with Gasteiger partial charge in [0.1, 0.15) is 4.60 Å². The highest BCUT2D eigenvalue weighted by atomic mass is 79.9. The van der Waals surface area contributed by atoms with Gasteiger partial charge in [0.25, 0.3) is 0 Å². The fourth-order valence-electron chi connectivity index (χ4n) is 1.79. The van der Waals surface area contributed by atoms with Crippen LogP contribution in [0, 0.1) is 0 Å². The van der Waals surface area contributed by atoms with E-state index in [4.69, 9.17) is 0 Å². The summed E-state index contributed by atoms with van der Waals surface area (Å²) in [5, 5.41) is 0. The van der Waals surface area contributed by atoms with Crippen LogP contribution >= 0.6 is 28.3 Å². The minimum atomic E-state index is -0.391. The van der Waals surface area contributed by atoms with Gasteiger partial charge in [-0.1, -0.05) is 0 Å². The first kappa shape index (κ1) is 11.9. The van der Waals surface area contributed by atoms with Crippen molar-refractivity contribution in [1.82, 2.24) is 8.96 Å². The minimum Gasteiger partial charge on any atom is -0.352 e. The second kappa shape index (κ2) is 5.18. The molecule has 1 aliphatic rings. The summed E-state index contributed by atoms with van der Waals surface area (Å²) in [6.07, 6.45) is 4.61. The molecule has 7 heteroatoms. The quantitative estimate of drug-likeness (QED) is 0.841. The molecule has 0 N–H and O–H groups in total. The Bertz CT molecular complexity index is 433. The van der Waals surface area contributed by atoms with Crippen LogP contribution in [0.5, 0.6) is 0 Å². The molecule has 1 aliphatic heterocycles. The summed E-state index contributed by atoms with van der Waals surface area (Å²) < 4.78 is 13.9. The molecule has 0 bridgehead atoms. The van der Waals surface area contributed by atoms with Gasteiger partial charge in [-0.2, -0.15) is 0 Å². The third-order valence-electron chi connectivity index (χ3n) is 2.56. The van der Waals surface area contributed by atoms with E-state index in [1.807, 2.05) is 4.90 Å². The van der Waals surface area contributed by atoms with Crippen molar-refractivity contribution >= 4 is 34.1 Å². The van der Waals surface area contributed by atoms with Crippen LogP contribution in [0.3, 0.4) is 0 Å². The summed E-state index contributed by atoms with van der Waals surface area (Å²) in [7, 11) is 0. The van der Waals surface area contributed by atoms with E-state index in [1.54, 1.807) is 0 Å². The van der Waals surface area contributed by atoms with Crippen molar-refractivity contribution < 1.29 is 3.89 Å². The normalized spacial score (nSPS) is 16.5. The highest BCUT2D eigenvalue weighted by Gasteiger charge is 2.17. The number of hydrogen-bond acceptors (Lipinski definition) is 4. The zero-order chi connectivity index (χ0) is 11.5. The van der Waals surface area contributed by atoms with Crippen molar-refractivity contribution in [2.75, 3.05) is 18.0 Å². The van der Waals surface area contributed by atoms with E-state index in [-0.39, 0.29) is 12.3 Å². The molecule has 2 heterocycles. The van der Waals surface area contributed by atoms with Crippen LogP contribution < -0.4 is 10.5 Å². The summed E-state index contributed by atoms with van der Waals surface area (Å²) >= 11 is 3.07. The van der Waals surface area contributed by atoms with E-state index in [1.165, 1.54) is 12.6 Å². The van der Waals surface area contributed by atoms with Gasteiger partial charge in [0.2, 0.25) is 0 Å². The second-order valence-corrected chi connectivity index (χ2v) is 4.98. The lowest BCUT2D eigenvalue weighted by atomic mass is 10.1. The average Bonchev–Trinajstić information content (AvgIpc) is 2.33. The van der Waals surface area contributed by atoms with Gasteiger partial charge in [0.15, 0.2) is 18.2 Å². The zero-order valence-electron chi connectivity index (χ0n) is 8.53. The molecule has 4 nitrogen and oxygen atoms in total. The lowest BCUT2D eigenvalue weighted by molar-refractivity contribution is 0.570. The van der Waals surface area contributed by atoms with E-state index in [0.717, 1.165) is 29.9 Å². The standard InChI is InChI=1S/C9H11BrFN3OS/c10-7-6-14(16-11)9(15)8(12-7)13-4-2-1-3-5-13/h6H,1-5H2. The molecule has 2 rings (SSSR count). The van der Waals surface area contributed by atoms with E-state index >= 15 is 0 Å². The van der Waals surface area contributed by atoms with Gasteiger partial charge in [-0.25, -0.2) is 8.96 Å². The van der Waals surface area contributed by atoms with Crippen LogP contribution in [0.15, 0.2) is 15.6 Å². The third kappa shape index (κ3) is 2.40. The van der Waals surface area contributed by atoms with Crippen molar-refractivity contribution in [2.45, 2.75) is 19.3 Å². The summed E-state index contributed by atoms with van der Waals surface area (Å²) in [6, 6.07) is 0. The topological polar surface area (TPSA) is 38.1 Å². The van der Waals surface area contributed by atoms with Gasteiger partial charge in [-0.3, -0.25) is 4.79 Å². The molecule has 0 spiro atoms. The Kier molecular flexibility index (Phi) is 3.86. The van der Waals surface area contributed by atoms with Gasteiger partial charge >= 0.3 is 5.56 Å². The Morgan fingerprint density at radius 2 is 2.06 bits per heavy atom. The fourth-order valence-corrected chi connectivity index (χ4v) is 2.59. The molecule has 1 aromatic rings. The number of aromatic nitrogens is 2. The molecule has 0 aliphatic carbocycles. The molecule has 88 valence electrons. The Morgan fingerprint density at radius 3 is 2.69 bits per heavy atom. The van der Waals surface area contributed by atoms with Gasteiger partial charge < -0.3 is 4.90 Å². The molecule has 1 aromatic heterocycles. The number of halogens is 2. The van der Waals surface area contributed by atoms with Crippen LogP contribution in [0.25, 0.3) is 0 Å². The van der Waals surface area contributed by atoms with Gasteiger partial charge in [0.05, 0.1) is 6.20 Å². The van der Waals surface area contributed by atoms with E-state index < -0.39 is 5.56 Å². The Balaban J connectivity index is 2.38. The highest BCUT2D eigenvalue weighted by molar-refractivity contribution is 9.10. The predicted octanol–water partition coefficient (Wildman–Crippen LogP) is 2.38. The number of piperidine rings is 1. The SMILES string of the molecule is O=c1c(N2CCCCC2)nc(Br)cn1SF. The maximum absolute atomic E-state index is 12.5. The molecule has 0 amide bonds. The smallest absolute Gasteiger partial charge is 0.305 e. The van der Waals surface area contributed by atoms with Crippen molar-refractivity contribution in [3.63, 3.8) is 0 Å². The molecule has 1 saturated heterocycles. The molecule has 16 heavy (non-hydrogen) atoms. The molecule has 0 aromatic carbocycles. The van der Waals surface area contributed by atoms with Crippen LogP contribution in [0.4, 0.5) is 9.70 Å². The largest absolute Gasteiger partial charge is 0.352 e. The molecular formula is C9H11BrFN3OS. The molecule has 0 unspecified atom stereocenters. The Labute approximate surface area is 105 Å². The van der Waals surface area contributed by atoms with E-state index in [0.29, 0.717) is 10.4 Å². The first-order valence-corrected chi connectivity index (χ1v) is 6.52. The summed E-state index contributed by atoms with van der Waals surface area (Å²) in [6.45, 7) is 1.63. The number of nitrogens with zero attached hydrogens (tertiary/aromatic N) is 3.